The van der Waals surface area contributed by atoms with Gasteiger partial charge in [-0.05, 0) is 12.1 Å². The van der Waals surface area contributed by atoms with Crippen LogP contribution >= 0.6 is 46.1 Å². The smallest absolute Gasteiger partial charge is 0.356 e. The van der Waals surface area contributed by atoms with E-state index in [1.807, 2.05) is 5.38 Å². The van der Waals surface area contributed by atoms with E-state index >= 15 is 0 Å². The summed E-state index contributed by atoms with van der Waals surface area (Å²) in [6, 6.07) is 3.38. The fourth-order valence-corrected chi connectivity index (χ4v) is 3.31. The minimum absolute atomic E-state index is 0.0192. The average molecular weight is 348 g/mol. The number of carboxylic acid groups (broad SMARTS) is 1. The van der Waals surface area contributed by atoms with Crippen molar-refractivity contribution < 1.29 is 9.90 Å². The lowest BCUT2D eigenvalue weighted by Crippen LogP contribution is -1.95. The van der Waals surface area contributed by atoms with Crippen LogP contribution in [0.5, 0.6) is 0 Å². The topological polar surface area (TPSA) is 54.6 Å². The van der Waals surface area contributed by atoms with Crippen molar-refractivity contribution in [3.8, 4) is 11.3 Å². The molecule has 4 nitrogen and oxygen atoms in total. The van der Waals surface area contributed by atoms with E-state index in [1.165, 1.54) is 17.5 Å². The van der Waals surface area contributed by atoms with E-state index in [-0.39, 0.29) is 10.7 Å². The van der Waals surface area contributed by atoms with Gasteiger partial charge in [-0.25, -0.2) is 9.78 Å². The minimum Gasteiger partial charge on any atom is -0.476 e. The molecular weight excluding hydrogens is 343 g/mol. The fourth-order valence-electron chi connectivity index (χ4n) is 1.80. The van der Waals surface area contributed by atoms with E-state index in [4.69, 9.17) is 39.9 Å². The number of benzene rings is 1. The molecule has 0 atom stereocenters. The second-order valence-electron chi connectivity index (χ2n) is 3.93. The van der Waals surface area contributed by atoms with Crippen LogP contribution in [-0.4, -0.2) is 20.5 Å². The molecular formula is C12H5Cl3N2O2S. The third-order valence-corrected chi connectivity index (χ3v) is 4.87. The molecule has 0 amide bonds. The first-order valence-electron chi connectivity index (χ1n) is 5.33. The van der Waals surface area contributed by atoms with Crippen LogP contribution in [0.1, 0.15) is 10.5 Å². The molecule has 20 heavy (non-hydrogen) atoms. The molecule has 2 heterocycles. The zero-order valence-corrected chi connectivity index (χ0v) is 12.7. The Morgan fingerprint density at radius 1 is 1.25 bits per heavy atom. The number of hydrogen-bond donors (Lipinski definition) is 1. The molecule has 1 aromatic carbocycles. The first-order valence-corrected chi connectivity index (χ1v) is 7.34. The highest BCUT2D eigenvalue weighted by molar-refractivity contribution is 7.15. The highest BCUT2D eigenvalue weighted by Crippen LogP contribution is 2.39. The zero-order chi connectivity index (χ0) is 14.4. The van der Waals surface area contributed by atoms with Crippen molar-refractivity contribution >= 4 is 57.1 Å². The maximum absolute atomic E-state index is 10.9. The van der Waals surface area contributed by atoms with Crippen molar-refractivity contribution in [1.82, 2.24) is 9.38 Å². The van der Waals surface area contributed by atoms with Crippen molar-refractivity contribution in [2.24, 2.45) is 0 Å². The van der Waals surface area contributed by atoms with Gasteiger partial charge < -0.3 is 5.11 Å². The van der Waals surface area contributed by atoms with Gasteiger partial charge in [0.05, 0.1) is 20.8 Å². The van der Waals surface area contributed by atoms with Crippen molar-refractivity contribution in [3.05, 3.63) is 44.5 Å². The van der Waals surface area contributed by atoms with Gasteiger partial charge in [0.2, 0.25) is 0 Å². The van der Waals surface area contributed by atoms with Gasteiger partial charge in [0, 0.05) is 17.1 Å². The van der Waals surface area contributed by atoms with Crippen molar-refractivity contribution in [1.29, 1.82) is 0 Å². The second-order valence-corrected chi connectivity index (χ2v) is 5.93. The largest absolute Gasteiger partial charge is 0.476 e. The maximum atomic E-state index is 10.9. The number of imidazole rings is 1. The molecule has 0 spiro atoms. The molecule has 0 aliphatic heterocycles. The molecule has 1 N–H and O–H groups in total. The van der Waals surface area contributed by atoms with E-state index in [0.717, 1.165) is 0 Å². The summed E-state index contributed by atoms with van der Waals surface area (Å²) in [5, 5.41) is 11.8. The van der Waals surface area contributed by atoms with E-state index in [9.17, 15) is 4.79 Å². The molecule has 8 heteroatoms. The van der Waals surface area contributed by atoms with Gasteiger partial charge in [0.15, 0.2) is 10.7 Å². The van der Waals surface area contributed by atoms with E-state index in [0.29, 0.717) is 26.3 Å². The lowest BCUT2D eigenvalue weighted by molar-refractivity contribution is 0.0691. The number of carboxylic acids is 1. The number of hydrogen-bond acceptors (Lipinski definition) is 3. The standard InChI is InChI=1S/C12H5Cl3N2O2S/c13-6-2-1-5(9(14)10(6)15)8-4-20-12-16-7(11(18)19)3-17(8)12/h1-4H,(H,18,19). The quantitative estimate of drug-likeness (QED) is 0.682. The van der Waals surface area contributed by atoms with Gasteiger partial charge in [0.25, 0.3) is 0 Å². The lowest BCUT2D eigenvalue weighted by atomic mass is 10.2. The first-order chi connectivity index (χ1) is 9.49. The number of nitrogens with zero attached hydrogens (tertiary/aromatic N) is 2. The summed E-state index contributed by atoms with van der Waals surface area (Å²) < 4.78 is 1.67. The summed E-state index contributed by atoms with van der Waals surface area (Å²) >= 11 is 19.4. The van der Waals surface area contributed by atoms with Crippen molar-refractivity contribution in [2.75, 3.05) is 0 Å². The molecule has 0 bridgehead atoms. The molecule has 3 aromatic rings. The molecule has 0 fully saturated rings. The Balaban J connectivity index is 2.24. The maximum Gasteiger partial charge on any atom is 0.356 e. The van der Waals surface area contributed by atoms with Crippen LogP contribution in [-0.2, 0) is 0 Å². The van der Waals surface area contributed by atoms with Crippen LogP contribution in [0.3, 0.4) is 0 Å². The third-order valence-electron chi connectivity index (χ3n) is 2.74. The molecule has 0 aliphatic rings. The number of aromatic carboxylic acids is 1. The van der Waals surface area contributed by atoms with E-state index < -0.39 is 5.97 Å². The molecule has 0 saturated carbocycles. The Labute approximate surface area is 132 Å². The van der Waals surface area contributed by atoms with Crippen LogP contribution in [0.2, 0.25) is 15.1 Å². The average Bonchev–Trinajstić information content (AvgIpc) is 2.97. The Morgan fingerprint density at radius 3 is 2.70 bits per heavy atom. The van der Waals surface area contributed by atoms with Gasteiger partial charge in [-0.2, -0.15) is 0 Å². The summed E-state index contributed by atoms with van der Waals surface area (Å²) in [4.78, 5) is 15.5. The molecule has 102 valence electrons. The summed E-state index contributed by atoms with van der Waals surface area (Å²) in [5.41, 5.74) is 1.37. The molecule has 0 aliphatic carbocycles. The van der Waals surface area contributed by atoms with Gasteiger partial charge in [-0.3, -0.25) is 4.40 Å². The number of fused-ring (bicyclic) bond motifs is 1. The highest BCUT2D eigenvalue weighted by Gasteiger charge is 2.17. The molecule has 0 unspecified atom stereocenters. The lowest BCUT2D eigenvalue weighted by Gasteiger charge is -2.06. The molecule has 3 rings (SSSR count). The van der Waals surface area contributed by atoms with Crippen molar-refractivity contribution in [3.63, 3.8) is 0 Å². The van der Waals surface area contributed by atoms with Crippen LogP contribution < -0.4 is 0 Å². The van der Waals surface area contributed by atoms with E-state index in [2.05, 4.69) is 4.98 Å². The minimum atomic E-state index is -1.08. The Bertz CT molecular complexity index is 841. The Hall–Kier alpha value is -1.27. The highest BCUT2D eigenvalue weighted by atomic mass is 35.5. The SMILES string of the molecule is O=C(O)c1cn2c(-c3ccc(Cl)c(Cl)c3Cl)csc2n1. The predicted octanol–water partition coefficient (Wildman–Crippen LogP) is 4.72. The van der Waals surface area contributed by atoms with Crippen LogP contribution in [0.25, 0.3) is 16.2 Å². The van der Waals surface area contributed by atoms with Gasteiger partial charge in [0.1, 0.15) is 0 Å². The number of aromatic nitrogens is 2. The van der Waals surface area contributed by atoms with Gasteiger partial charge in [-0.1, -0.05) is 34.8 Å². The monoisotopic (exact) mass is 346 g/mol. The third kappa shape index (κ3) is 2.07. The molecule has 2 aromatic heterocycles. The van der Waals surface area contributed by atoms with Crippen molar-refractivity contribution in [2.45, 2.75) is 0 Å². The number of rotatable bonds is 2. The van der Waals surface area contributed by atoms with Gasteiger partial charge in [-0.15, -0.1) is 11.3 Å². The molecule has 0 radical (unpaired) electrons. The fraction of sp³-hybridized carbons (Fsp3) is 0. The van der Waals surface area contributed by atoms with E-state index in [1.54, 1.807) is 16.5 Å². The van der Waals surface area contributed by atoms with Crippen LogP contribution in [0, 0.1) is 0 Å². The molecule has 0 saturated heterocycles. The second kappa shape index (κ2) is 4.93. The first kappa shape index (κ1) is 13.7. The number of carbonyl (C=O) groups is 1. The zero-order valence-electron chi connectivity index (χ0n) is 9.60. The Kier molecular flexibility index (Phi) is 3.38. The summed E-state index contributed by atoms with van der Waals surface area (Å²) in [7, 11) is 0. The van der Waals surface area contributed by atoms with Gasteiger partial charge >= 0.3 is 5.97 Å². The summed E-state index contributed by atoms with van der Waals surface area (Å²) in [6.45, 7) is 0. The van der Waals surface area contributed by atoms with Crippen LogP contribution in [0.15, 0.2) is 23.7 Å². The van der Waals surface area contributed by atoms with Crippen LogP contribution in [0.4, 0.5) is 0 Å². The number of thiazole rings is 1. The Morgan fingerprint density at radius 2 is 2.00 bits per heavy atom. The predicted molar refractivity (Wildman–Crippen MR) is 80.5 cm³/mol. The summed E-state index contributed by atoms with van der Waals surface area (Å²) in [5.74, 6) is -1.08. The number of halogens is 3. The summed E-state index contributed by atoms with van der Waals surface area (Å²) in [6.07, 6.45) is 1.45. The normalized spacial score (nSPS) is 11.2.